The first-order chi connectivity index (χ1) is 5.70. The van der Waals surface area contributed by atoms with E-state index in [1.165, 1.54) is 0 Å². The Labute approximate surface area is 75.5 Å². The fourth-order valence-corrected chi connectivity index (χ4v) is 1.57. The molecule has 0 amide bonds. The average Bonchev–Trinajstić information content (AvgIpc) is 2.29. The van der Waals surface area contributed by atoms with Crippen molar-refractivity contribution in [3.05, 3.63) is 28.7 Å². The molecule has 0 aliphatic carbocycles. The Morgan fingerprint density at radius 2 is 2.25 bits per heavy atom. The molecule has 1 aromatic heterocycles. The molecule has 0 spiro atoms. The van der Waals surface area contributed by atoms with Crippen molar-refractivity contribution in [3.63, 3.8) is 0 Å². The van der Waals surface area contributed by atoms with Crippen LogP contribution in [0.5, 0.6) is 0 Å². The second kappa shape index (κ2) is 2.45. The average molecular weight is 231 g/mol. The molecule has 1 aromatic carbocycles. The van der Waals surface area contributed by atoms with E-state index in [0.717, 1.165) is 0 Å². The number of nitrogens with zero attached hydrogens (tertiary/aromatic N) is 2. The van der Waals surface area contributed by atoms with Crippen LogP contribution in [-0.2, 0) is 0 Å². The fraction of sp³-hybridized carbons (Fsp3) is 0. The lowest BCUT2D eigenvalue weighted by atomic mass is 10.3. The first-order valence-electron chi connectivity index (χ1n) is 3.22. The molecule has 0 aliphatic rings. The summed E-state index contributed by atoms with van der Waals surface area (Å²) in [7, 11) is 0. The number of aromatic nitrogens is 2. The van der Waals surface area contributed by atoms with Gasteiger partial charge in [0.2, 0.25) is 0 Å². The highest BCUT2D eigenvalue weighted by Crippen LogP contribution is 2.22. The maximum absolute atomic E-state index is 12.7. The van der Waals surface area contributed by atoms with Crippen molar-refractivity contribution in [1.29, 1.82) is 0 Å². The van der Waals surface area contributed by atoms with Gasteiger partial charge in [0.15, 0.2) is 0 Å². The van der Waals surface area contributed by atoms with Crippen LogP contribution in [-0.4, -0.2) is 14.9 Å². The molecule has 2 aromatic rings. The van der Waals surface area contributed by atoms with Crippen molar-refractivity contribution in [2.24, 2.45) is 0 Å². The van der Waals surface area contributed by atoms with E-state index in [0.29, 0.717) is 20.2 Å². The van der Waals surface area contributed by atoms with Crippen LogP contribution in [0, 0.1) is 6.08 Å². The topological polar surface area (TPSA) is 38.0 Å². The highest BCUT2D eigenvalue weighted by atomic mass is 79.9. The van der Waals surface area contributed by atoms with Gasteiger partial charge in [0.25, 0.3) is 0 Å². The summed E-state index contributed by atoms with van der Waals surface area (Å²) in [6, 6.07) is 5.05. The quantitative estimate of drug-likeness (QED) is 0.705. The second-order valence-electron chi connectivity index (χ2n) is 2.30. The van der Waals surface area contributed by atoms with Crippen LogP contribution in [0.15, 0.2) is 22.7 Å². The van der Waals surface area contributed by atoms with Crippen LogP contribution >= 0.6 is 15.9 Å². The molecule has 2 rings (SSSR count). The maximum Gasteiger partial charge on any atom is 0.323 e. The number of benzene rings is 1. The third-order valence-electron chi connectivity index (χ3n) is 1.56. The number of imidazole rings is 1. The Kier molecular flexibility index (Phi) is 1.54. The third-order valence-corrected chi connectivity index (χ3v) is 2.20. The Morgan fingerprint density at radius 3 is 2.92 bits per heavy atom. The van der Waals surface area contributed by atoms with E-state index in [-0.39, 0.29) is 0 Å². The molecule has 0 bridgehead atoms. The lowest BCUT2D eigenvalue weighted by molar-refractivity contribution is 0.154. The normalized spacial score (nSPS) is 10.8. The van der Waals surface area contributed by atoms with Crippen LogP contribution in [0.3, 0.4) is 0 Å². The van der Waals surface area contributed by atoms with Crippen molar-refractivity contribution in [2.45, 2.75) is 0 Å². The number of hydrogen-bond donors (Lipinski definition) is 1. The molecule has 1 N–H and O–H groups in total. The number of rotatable bonds is 0. The molecule has 0 radical (unpaired) electrons. The molecule has 0 fully saturated rings. The monoisotopic (exact) mass is 230 g/mol. The van der Waals surface area contributed by atoms with Gasteiger partial charge in [-0.3, -0.25) is 0 Å². The summed E-state index contributed by atoms with van der Waals surface area (Å²) in [6.07, 6.45) is -0.906. The van der Waals surface area contributed by atoms with E-state index in [4.69, 9.17) is 5.21 Å². The highest BCUT2D eigenvalue weighted by Gasteiger charge is 2.10. The van der Waals surface area contributed by atoms with E-state index in [2.05, 4.69) is 20.9 Å². The number of halogens is 2. The smallest absolute Gasteiger partial charge is 0.323 e. The number of para-hydroxylation sites is 1. The number of fused-ring (bicyclic) bond motifs is 1. The Hall–Kier alpha value is -1.10. The highest BCUT2D eigenvalue weighted by molar-refractivity contribution is 9.10. The summed E-state index contributed by atoms with van der Waals surface area (Å²) < 4.78 is 13.7. The van der Waals surface area contributed by atoms with Crippen molar-refractivity contribution >= 4 is 27.0 Å². The van der Waals surface area contributed by atoms with Gasteiger partial charge < -0.3 is 5.21 Å². The molecule has 3 nitrogen and oxygen atoms in total. The Morgan fingerprint density at radius 1 is 1.50 bits per heavy atom. The van der Waals surface area contributed by atoms with E-state index >= 15 is 0 Å². The summed E-state index contributed by atoms with van der Waals surface area (Å²) in [5.41, 5.74) is 0.763. The minimum absolute atomic E-state index is 0.343. The molecule has 0 saturated heterocycles. The minimum Gasteiger partial charge on any atom is -0.424 e. The largest absolute Gasteiger partial charge is 0.424 e. The molecule has 0 atom stereocenters. The Bertz CT molecular complexity index is 440. The van der Waals surface area contributed by atoms with Crippen molar-refractivity contribution in [2.75, 3.05) is 0 Å². The van der Waals surface area contributed by atoms with Crippen LogP contribution in [0.1, 0.15) is 0 Å². The second-order valence-corrected chi connectivity index (χ2v) is 3.15. The van der Waals surface area contributed by atoms with Gasteiger partial charge in [-0.1, -0.05) is 6.07 Å². The SMILES string of the molecule is On1c(F)nc2cccc(Br)c21. The van der Waals surface area contributed by atoms with E-state index < -0.39 is 6.08 Å². The van der Waals surface area contributed by atoms with Gasteiger partial charge in [0, 0.05) is 4.47 Å². The summed E-state index contributed by atoms with van der Waals surface area (Å²) in [6.45, 7) is 0. The van der Waals surface area contributed by atoms with E-state index in [1.54, 1.807) is 18.2 Å². The van der Waals surface area contributed by atoms with Gasteiger partial charge in [0.1, 0.15) is 5.52 Å². The predicted octanol–water partition coefficient (Wildman–Crippen LogP) is 2.18. The lowest BCUT2D eigenvalue weighted by Crippen LogP contribution is -1.93. The summed E-state index contributed by atoms with van der Waals surface area (Å²) in [5, 5.41) is 9.13. The fourth-order valence-electron chi connectivity index (χ4n) is 1.04. The molecule has 62 valence electrons. The van der Waals surface area contributed by atoms with E-state index in [9.17, 15) is 4.39 Å². The lowest BCUT2D eigenvalue weighted by Gasteiger charge is -1.94. The van der Waals surface area contributed by atoms with Gasteiger partial charge in [-0.05, 0) is 28.1 Å². The van der Waals surface area contributed by atoms with Gasteiger partial charge in [-0.25, -0.2) is 0 Å². The van der Waals surface area contributed by atoms with E-state index in [1.807, 2.05) is 0 Å². The summed E-state index contributed by atoms with van der Waals surface area (Å²) in [4.78, 5) is 3.49. The zero-order chi connectivity index (χ0) is 8.72. The molecule has 0 unspecified atom stereocenters. The van der Waals surface area contributed by atoms with Gasteiger partial charge in [-0.15, -0.1) is 4.73 Å². The number of hydrogen-bond acceptors (Lipinski definition) is 2. The zero-order valence-corrected chi connectivity index (χ0v) is 7.42. The van der Waals surface area contributed by atoms with Crippen LogP contribution < -0.4 is 0 Å². The molecular weight excluding hydrogens is 227 g/mol. The van der Waals surface area contributed by atoms with Crippen molar-refractivity contribution in [1.82, 2.24) is 9.71 Å². The van der Waals surface area contributed by atoms with Crippen molar-refractivity contribution in [3.8, 4) is 0 Å². The van der Waals surface area contributed by atoms with Crippen LogP contribution in [0.2, 0.25) is 0 Å². The molecule has 5 heteroatoms. The third kappa shape index (κ3) is 0.896. The molecule has 0 aliphatic heterocycles. The predicted molar refractivity (Wildman–Crippen MR) is 44.6 cm³/mol. The standard InChI is InChI=1S/C7H4BrFN2O/c8-4-2-1-3-5-6(4)11(12)7(9)10-5/h1-3,12H. The summed E-state index contributed by atoms with van der Waals surface area (Å²) in [5.74, 6) is 0. The van der Waals surface area contributed by atoms with Gasteiger partial charge in [-0.2, -0.15) is 9.37 Å². The Balaban J connectivity index is 2.97. The van der Waals surface area contributed by atoms with Crippen LogP contribution in [0.25, 0.3) is 11.0 Å². The molecule has 1 heterocycles. The first kappa shape index (κ1) is 7.54. The van der Waals surface area contributed by atoms with Crippen molar-refractivity contribution < 1.29 is 9.60 Å². The molecule has 12 heavy (non-hydrogen) atoms. The minimum atomic E-state index is -0.906. The summed E-state index contributed by atoms with van der Waals surface area (Å²) >= 11 is 3.17. The molecular formula is C7H4BrFN2O. The first-order valence-corrected chi connectivity index (χ1v) is 4.01. The van der Waals surface area contributed by atoms with Gasteiger partial charge >= 0.3 is 6.08 Å². The maximum atomic E-state index is 12.7. The zero-order valence-electron chi connectivity index (χ0n) is 5.83. The molecule has 0 saturated carbocycles. The van der Waals surface area contributed by atoms with Gasteiger partial charge in [0.05, 0.1) is 5.52 Å². The van der Waals surface area contributed by atoms with Crippen LogP contribution in [0.4, 0.5) is 4.39 Å².